The predicted octanol–water partition coefficient (Wildman–Crippen LogP) is 4.01. The molecule has 0 aliphatic carbocycles. The fourth-order valence-electron chi connectivity index (χ4n) is 2.13. The summed E-state index contributed by atoms with van der Waals surface area (Å²) in [6.45, 7) is 0. The maximum Gasteiger partial charge on any atom is 0.307 e. The Bertz CT molecular complexity index is 779. The second-order valence-corrected chi connectivity index (χ2v) is 5.72. The lowest BCUT2D eigenvalue weighted by atomic mass is 10.2. The second-order valence-electron chi connectivity index (χ2n) is 4.65. The van der Waals surface area contributed by atoms with E-state index in [-0.39, 0.29) is 6.42 Å². The van der Waals surface area contributed by atoms with Crippen LogP contribution in [0.5, 0.6) is 0 Å². The van der Waals surface area contributed by atoms with Gasteiger partial charge in [0.05, 0.1) is 6.42 Å². The molecule has 0 unspecified atom stereocenters. The first-order chi connectivity index (χ1) is 10.2. The third-order valence-corrected chi connectivity index (χ3v) is 4.16. The number of carboxylic acids is 1. The van der Waals surface area contributed by atoms with E-state index in [2.05, 4.69) is 17.1 Å². The summed E-state index contributed by atoms with van der Waals surface area (Å²) < 4.78 is 0. The number of benzene rings is 2. The molecule has 4 heteroatoms. The molecule has 0 bridgehead atoms. The zero-order chi connectivity index (χ0) is 14.7. The molecule has 0 saturated carbocycles. The van der Waals surface area contributed by atoms with Crippen LogP contribution in [0.2, 0.25) is 0 Å². The molecule has 0 radical (unpaired) electrons. The summed E-state index contributed by atoms with van der Waals surface area (Å²) in [6.07, 6.45) is 1.86. The van der Waals surface area contributed by atoms with Gasteiger partial charge in [-0.15, -0.1) is 0 Å². The minimum atomic E-state index is -0.814. The molecule has 0 saturated heterocycles. The Labute approximate surface area is 126 Å². The molecule has 1 N–H and O–H groups in total. The van der Waals surface area contributed by atoms with Crippen LogP contribution in [0.3, 0.4) is 0 Å². The van der Waals surface area contributed by atoms with E-state index < -0.39 is 5.97 Å². The molecular formula is C17H13NO2S. The SMILES string of the molecule is O=C(O)Cc1ccc(Sc2nccc3ccccc23)cc1. The van der Waals surface area contributed by atoms with Crippen LogP contribution in [0.25, 0.3) is 10.8 Å². The molecule has 0 spiro atoms. The normalized spacial score (nSPS) is 10.7. The maximum atomic E-state index is 10.7. The lowest BCUT2D eigenvalue weighted by Crippen LogP contribution is -1.99. The summed E-state index contributed by atoms with van der Waals surface area (Å²) in [4.78, 5) is 16.2. The highest BCUT2D eigenvalue weighted by molar-refractivity contribution is 7.99. The number of carbonyl (C=O) groups is 1. The van der Waals surface area contributed by atoms with Crippen molar-refractivity contribution in [1.29, 1.82) is 0 Å². The van der Waals surface area contributed by atoms with E-state index in [9.17, 15) is 4.79 Å². The van der Waals surface area contributed by atoms with E-state index in [1.165, 1.54) is 0 Å². The van der Waals surface area contributed by atoms with Crippen LogP contribution in [-0.2, 0) is 11.2 Å². The molecule has 1 aromatic heterocycles. The Hall–Kier alpha value is -2.33. The van der Waals surface area contributed by atoms with Gasteiger partial charge in [-0.25, -0.2) is 4.98 Å². The Balaban J connectivity index is 1.87. The number of aromatic nitrogens is 1. The first-order valence-electron chi connectivity index (χ1n) is 6.55. The first-order valence-corrected chi connectivity index (χ1v) is 7.36. The molecule has 0 aliphatic rings. The fraction of sp³-hybridized carbons (Fsp3) is 0.0588. The van der Waals surface area contributed by atoms with Gasteiger partial charge in [0, 0.05) is 16.5 Å². The fourth-order valence-corrected chi connectivity index (χ4v) is 3.04. The van der Waals surface area contributed by atoms with Crippen molar-refractivity contribution in [3.8, 4) is 0 Å². The van der Waals surface area contributed by atoms with Crippen LogP contribution in [0.15, 0.2) is 70.7 Å². The van der Waals surface area contributed by atoms with Crippen molar-refractivity contribution >= 4 is 28.5 Å². The number of aliphatic carboxylic acids is 1. The standard InChI is InChI=1S/C17H13NO2S/c19-16(20)11-12-5-7-14(8-6-12)21-17-15-4-2-1-3-13(15)9-10-18-17/h1-10H,11H2,(H,19,20). The maximum absolute atomic E-state index is 10.7. The number of fused-ring (bicyclic) bond motifs is 1. The van der Waals surface area contributed by atoms with Crippen LogP contribution in [0.4, 0.5) is 0 Å². The molecule has 21 heavy (non-hydrogen) atoms. The number of hydrogen-bond donors (Lipinski definition) is 1. The third kappa shape index (κ3) is 3.23. The summed E-state index contributed by atoms with van der Waals surface area (Å²) in [5.74, 6) is -0.814. The molecule has 0 atom stereocenters. The Morgan fingerprint density at radius 2 is 1.81 bits per heavy atom. The van der Waals surface area contributed by atoms with Gasteiger partial charge in [0.15, 0.2) is 0 Å². The monoisotopic (exact) mass is 295 g/mol. The Morgan fingerprint density at radius 1 is 1.05 bits per heavy atom. The van der Waals surface area contributed by atoms with Crippen LogP contribution in [0, 0.1) is 0 Å². The second kappa shape index (κ2) is 5.97. The van der Waals surface area contributed by atoms with Gasteiger partial charge in [0.2, 0.25) is 0 Å². The largest absolute Gasteiger partial charge is 0.481 e. The molecule has 104 valence electrons. The minimum absolute atomic E-state index is 0.0530. The summed E-state index contributed by atoms with van der Waals surface area (Å²) in [5.41, 5.74) is 0.803. The van der Waals surface area contributed by atoms with Gasteiger partial charge in [0.1, 0.15) is 5.03 Å². The quantitative estimate of drug-likeness (QED) is 0.790. The van der Waals surface area contributed by atoms with Crippen LogP contribution in [-0.4, -0.2) is 16.1 Å². The first kappa shape index (κ1) is 13.6. The highest BCUT2D eigenvalue weighted by Gasteiger charge is 2.05. The smallest absolute Gasteiger partial charge is 0.307 e. The van der Waals surface area contributed by atoms with Crippen molar-refractivity contribution in [2.24, 2.45) is 0 Å². The lowest BCUT2D eigenvalue weighted by Gasteiger charge is -2.05. The number of carboxylic acid groups (broad SMARTS) is 1. The number of nitrogens with zero attached hydrogens (tertiary/aromatic N) is 1. The third-order valence-electron chi connectivity index (χ3n) is 3.13. The van der Waals surface area contributed by atoms with Gasteiger partial charge in [0.25, 0.3) is 0 Å². The number of hydrogen-bond acceptors (Lipinski definition) is 3. The zero-order valence-corrected chi connectivity index (χ0v) is 12.0. The molecule has 3 rings (SSSR count). The average Bonchev–Trinajstić information content (AvgIpc) is 2.49. The van der Waals surface area contributed by atoms with E-state index in [1.807, 2.05) is 48.7 Å². The summed E-state index contributed by atoms with van der Waals surface area (Å²) >= 11 is 1.59. The van der Waals surface area contributed by atoms with E-state index in [4.69, 9.17) is 5.11 Å². The van der Waals surface area contributed by atoms with Gasteiger partial charge in [-0.05, 0) is 29.1 Å². The highest BCUT2D eigenvalue weighted by Crippen LogP contribution is 2.31. The topological polar surface area (TPSA) is 50.2 Å². The van der Waals surface area contributed by atoms with Gasteiger partial charge >= 0.3 is 5.97 Å². The lowest BCUT2D eigenvalue weighted by molar-refractivity contribution is -0.136. The van der Waals surface area contributed by atoms with E-state index >= 15 is 0 Å². The van der Waals surface area contributed by atoms with Crippen molar-refractivity contribution < 1.29 is 9.90 Å². The molecule has 3 aromatic rings. The number of pyridine rings is 1. The molecule has 0 amide bonds. The van der Waals surface area contributed by atoms with Crippen LogP contribution < -0.4 is 0 Å². The van der Waals surface area contributed by atoms with E-state index in [0.717, 1.165) is 26.3 Å². The minimum Gasteiger partial charge on any atom is -0.481 e. The van der Waals surface area contributed by atoms with Crippen LogP contribution >= 0.6 is 11.8 Å². The van der Waals surface area contributed by atoms with Gasteiger partial charge in [-0.1, -0.05) is 48.2 Å². The van der Waals surface area contributed by atoms with E-state index in [1.54, 1.807) is 11.8 Å². The molecule has 0 fully saturated rings. The van der Waals surface area contributed by atoms with Crippen molar-refractivity contribution in [3.05, 3.63) is 66.4 Å². The molecule has 1 heterocycles. The molecule has 0 aliphatic heterocycles. The zero-order valence-electron chi connectivity index (χ0n) is 11.2. The van der Waals surface area contributed by atoms with Crippen molar-refractivity contribution in [2.75, 3.05) is 0 Å². The summed E-state index contributed by atoms with van der Waals surface area (Å²) in [5, 5.41) is 12.0. The van der Waals surface area contributed by atoms with E-state index in [0.29, 0.717) is 0 Å². The Morgan fingerprint density at radius 3 is 2.57 bits per heavy atom. The molecular weight excluding hydrogens is 282 g/mol. The van der Waals surface area contributed by atoms with Gasteiger partial charge in [-0.2, -0.15) is 0 Å². The average molecular weight is 295 g/mol. The molecule has 3 nitrogen and oxygen atoms in total. The van der Waals surface area contributed by atoms with Crippen molar-refractivity contribution in [2.45, 2.75) is 16.3 Å². The Kier molecular flexibility index (Phi) is 3.88. The van der Waals surface area contributed by atoms with Crippen molar-refractivity contribution in [3.63, 3.8) is 0 Å². The highest BCUT2D eigenvalue weighted by atomic mass is 32.2. The summed E-state index contributed by atoms with van der Waals surface area (Å²) in [6, 6.07) is 17.7. The van der Waals surface area contributed by atoms with Gasteiger partial charge < -0.3 is 5.11 Å². The van der Waals surface area contributed by atoms with Crippen LogP contribution in [0.1, 0.15) is 5.56 Å². The van der Waals surface area contributed by atoms with Gasteiger partial charge in [-0.3, -0.25) is 4.79 Å². The summed E-state index contributed by atoms with van der Waals surface area (Å²) in [7, 11) is 0. The number of rotatable bonds is 4. The predicted molar refractivity (Wildman–Crippen MR) is 83.6 cm³/mol. The molecule has 2 aromatic carbocycles. The van der Waals surface area contributed by atoms with Crippen molar-refractivity contribution in [1.82, 2.24) is 4.98 Å².